The van der Waals surface area contributed by atoms with E-state index in [0.717, 1.165) is 36.4 Å². The highest BCUT2D eigenvalue weighted by Crippen LogP contribution is 2.28. The Labute approximate surface area is 142 Å². The van der Waals surface area contributed by atoms with E-state index in [-0.39, 0.29) is 0 Å². The van der Waals surface area contributed by atoms with Gasteiger partial charge >= 0.3 is 0 Å². The van der Waals surface area contributed by atoms with Crippen LogP contribution in [0.15, 0.2) is 24.5 Å². The number of nitrogens with one attached hydrogen (secondary N) is 2. The number of nitrogens with zero attached hydrogens (tertiary/aromatic N) is 2. The fraction of sp³-hybridized carbons (Fsp3) is 0.412. The first kappa shape index (κ1) is 17.7. The quantitative estimate of drug-likeness (QED) is 0.650. The number of nitrogen functional groups attached to an aromatic ring is 1. The second kappa shape index (κ2) is 8.81. The summed E-state index contributed by atoms with van der Waals surface area (Å²) in [6.07, 6.45) is 3.32. The molecule has 1 heterocycles. The van der Waals surface area contributed by atoms with Crippen molar-refractivity contribution in [3.63, 3.8) is 0 Å². The molecule has 0 saturated heterocycles. The second-order valence-electron chi connectivity index (χ2n) is 5.28. The number of anilines is 3. The van der Waals surface area contributed by atoms with E-state index in [1.54, 1.807) is 14.2 Å². The van der Waals surface area contributed by atoms with Crippen LogP contribution < -0.4 is 25.8 Å². The van der Waals surface area contributed by atoms with E-state index in [4.69, 9.17) is 15.2 Å². The van der Waals surface area contributed by atoms with E-state index in [1.807, 2.05) is 18.2 Å². The van der Waals surface area contributed by atoms with Crippen LogP contribution in [0.5, 0.6) is 11.5 Å². The van der Waals surface area contributed by atoms with Gasteiger partial charge in [0.05, 0.1) is 14.2 Å². The van der Waals surface area contributed by atoms with Gasteiger partial charge in [-0.25, -0.2) is 9.97 Å². The van der Waals surface area contributed by atoms with Crippen LogP contribution in [-0.4, -0.2) is 37.3 Å². The van der Waals surface area contributed by atoms with Crippen LogP contribution in [0.4, 0.5) is 17.3 Å². The van der Waals surface area contributed by atoms with Crippen LogP contribution in [0.2, 0.25) is 0 Å². The van der Waals surface area contributed by atoms with E-state index < -0.39 is 0 Å². The van der Waals surface area contributed by atoms with Crippen molar-refractivity contribution >= 4 is 17.3 Å². The lowest BCUT2D eigenvalue weighted by molar-refractivity contribution is 0.354. The molecule has 0 saturated carbocycles. The average Bonchev–Trinajstić information content (AvgIpc) is 2.62. The van der Waals surface area contributed by atoms with Gasteiger partial charge < -0.3 is 25.8 Å². The minimum Gasteiger partial charge on any atom is -0.493 e. The first-order valence-electron chi connectivity index (χ1n) is 7.98. The molecule has 0 aliphatic rings. The summed E-state index contributed by atoms with van der Waals surface area (Å²) in [6, 6.07) is 5.89. The molecule has 130 valence electrons. The molecule has 2 rings (SSSR count). The van der Waals surface area contributed by atoms with Crippen LogP contribution in [0.25, 0.3) is 0 Å². The van der Waals surface area contributed by atoms with E-state index in [2.05, 4.69) is 27.5 Å². The average molecular weight is 331 g/mol. The van der Waals surface area contributed by atoms with E-state index >= 15 is 0 Å². The summed E-state index contributed by atoms with van der Waals surface area (Å²) >= 11 is 0. The van der Waals surface area contributed by atoms with E-state index in [9.17, 15) is 0 Å². The minimum absolute atomic E-state index is 0.540. The Hall–Kier alpha value is -2.70. The molecule has 0 bridgehead atoms. The lowest BCUT2D eigenvalue weighted by Crippen LogP contribution is -2.12. The van der Waals surface area contributed by atoms with Gasteiger partial charge in [-0.3, -0.25) is 0 Å². The van der Waals surface area contributed by atoms with Gasteiger partial charge in [0.25, 0.3) is 0 Å². The summed E-state index contributed by atoms with van der Waals surface area (Å²) < 4.78 is 10.6. The number of methoxy groups -OCH3 is 2. The van der Waals surface area contributed by atoms with Crippen LogP contribution in [0.1, 0.15) is 18.9 Å². The van der Waals surface area contributed by atoms with Crippen molar-refractivity contribution in [3.05, 3.63) is 30.1 Å². The maximum atomic E-state index is 6.10. The summed E-state index contributed by atoms with van der Waals surface area (Å²) in [5.74, 6) is 2.76. The van der Waals surface area contributed by atoms with Crippen molar-refractivity contribution in [1.29, 1.82) is 0 Å². The molecule has 0 spiro atoms. The molecule has 4 N–H and O–H groups in total. The standard InChI is InChI=1S/C17H25N5O2/c1-4-8-19-16-15(18)17(22-11-21-16)20-9-7-12-5-6-13(23-2)14(10-12)24-3/h5-6,10-11H,4,7-9,18H2,1-3H3,(H2,19,20,21,22). The maximum Gasteiger partial charge on any atom is 0.160 e. The van der Waals surface area contributed by atoms with Gasteiger partial charge in [-0.1, -0.05) is 13.0 Å². The zero-order valence-corrected chi connectivity index (χ0v) is 14.4. The monoisotopic (exact) mass is 331 g/mol. The third-order valence-electron chi connectivity index (χ3n) is 3.58. The van der Waals surface area contributed by atoms with Gasteiger partial charge in [0.1, 0.15) is 12.0 Å². The fourth-order valence-electron chi connectivity index (χ4n) is 2.28. The predicted octanol–water partition coefficient (Wildman–Crippen LogP) is 2.55. The van der Waals surface area contributed by atoms with Gasteiger partial charge in [0.15, 0.2) is 23.1 Å². The highest BCUT2D eigenvalue weighted by atomic mass is 16.5. The molecule has 0 radical (unpaired) electrons. The normalized spacial score (nSPS) is 10.3. The molecule has 0 amide bonds. The zero-order valence-electron chi connectivity index (χ0n) is 14.4. The Balaban J connectivity index is 1.97. The zero-order chi connectivity index (χ0) is 17.4. The Morgan fingerprint density at radius 2 is 1.67 bits per heavy atom. The number of nitrogens with two attached hydrogens (primary N) is 1. The smallest absolute Gasteiger partial charge is 0.160 e. The SMILES string of the molecule is CCCNc1ncnc(NCCc2ccc(OC)c(OC)c2)c1N. The number of aromatic nitrogens is 2. The Morgan fingerprint density at radius 3 is 2.29 bits per heavy atom. The Kier molecular flexibility index (Phi) is 6.48. The third kappa shape index (κ3) is 4.41. The lowest BCUT2D eigenvalue weighted by Gasteiger charge is -2.13. The van der Waals surface area contributed by atoms with Gasteiger partial charge in [-0.15, -0.1) is 0 Å². The van der Waals surface area contributed by atoms with Gasteiger partial charge in [0.2, 0.25) is 0 Å². The number of rotatable bonds is 9. The molecule has 7 heteroatoms. The highest BCUT2D eigenvalue weighted by Gasteiger charge is 2.08. The number of ether oxygens (including phenoxy) is 2. The molecule has 0 aliphatic heterocycles. The second-order valence-corrected chi connectivity index (χ2v) is 5.28. The summed E-state index contributed by atoms with van der Waals surface area (Å²) in [5.41, 5.74) is 7.78. The van der Waals surface area contributed by atoms with Crippen molar-refractivity contribution in [2.75, 3.05) is 43.7 Å². The van der Waals surface area contributed by atoms with Crippen LogP contribution in [0.3, 0.4) is 0 Å². The fourth-order valence-corrected chi connectivity index (χ4v) is 2.28. The van der Waals surface area contributed by atoms with Crippen molar-refractivity contribution in [1.82, 2.24) is 9.97 Å². The lowest BCUT2D eigenvalue weighted by atomic mass is 10.1. The Morgan fingerprint density at radius 1 is 1.00 bits per heavy atom. The Bertz CT molecular complexity index is 663. The molecular weight excluding hydrogens is 306 g/mol. The minimum atomic E-state index is 0.540. The molecular formula is C17H25N5O2. The number of benzene rings is 1. The molecule has 0 fully saturated rings. The van der Waals surface area contributed by atoms with Gasteiger partial charge in [-0.05, 0) is 30.5 Å². The first-order valence-corrected chi connectivity index (χ1v) is 7.98. The summed E-state index contributed by atoms with van der Waals surface area (Å²) in [4.78, 5) is 8.37. The molecule has 24 heavy (non-hydrogen) atoms. The van der Waals surface area contributed by atoms with E-state index in [0.29, 0.717) is 23.9 Å². The molecule has 1 aromatic heterocycles. The first-order chi connectivity index (χ1) is 11.7. The number of hydrogen-bond acceptors (Lipinski definition) is 7. The maximum absolute atomic E-state index is 6.10. The summed E-state index contributed by atoms with van der Waals surface area (Å²) in [6.45, 7) is 3.61. The van der Waals surface area contributed by atoms with Crippen molar-refractivity contribution < 1.29 is 9.47 Å². The topological polar surface area (TPSA) is 94.3 Å². The van der Waals surface area contributed by atoms with E-state index in [1.165, 1.54) is 6.33 Å². The molecule has 0 atom stereocenters. The van der Waals surface area contributed by atoms with Gasteiger partial charge in [0, 0.05) is 13.1 Å². The summed E-state index contributed by atoms with van der Waals surface area (Å²) in [7, 11) is 3.26. The highest BCUT2D eigenvalue weighted by molar-refractivity contribution is 5.73. The van der Waals surface area contributed by atoms with Crippen molar-refractivity contribution in [2.24, 2.45) is 0 Å². The predicted molar refractivity (Wildman–Crippen MR) is 97.0 cm³/mol. The van der Waals surface area contributed by atoms with Crippen molar-refractivity contribution in [2.45, 2.75) is 19.8 Å². The van der Waals surface area contributed by atoms with Crippen LogP contribution in [-0.2, 0) is 6.42 Å². The number of hydrogen-bond donors (Lipinski definition) is 3. The largest absolute Gasteiger partial charge is 0.493 e. The molecule has 0 unspecified atom stereocenters. The van der Waals surface area contributed by atoms with Crippen LogP contribution >= 0.6 is 0 Å². The van der Waals surface area contributed by atoms with Crippen molar-refractivity contribution in [3.8, 4) is 11.5 Å². The summed E-state index contributed by atoms with van der Waals surface area (Å²) in [5, 5.41) is 6.45. The molecule has 2 aromatic rings. The van der Waals surface area contributed by atoms with Crippen LogP contribution in [0, 0.1) is 0 Å². The molecule has 7 nitrogen and oxygen atoms in total. The molecule has 1 aromatic carbocycles. The van der Waals surface area contributed by atoms with Gasteiger partial charge in [-0.2, -0.15) is 0 Å². The third-order valence-corrected chi connectivity index (χ3v) is 3.58. The molecule has 0 aliphatic carbocycles.